The highest BCUT2D eigenvalue weighted by Gasteiger charge is 2.20. The Labute approximate surface area is 152 Å². The first-order valence-corrected chi connectivity index (χ1v) is 9.04. The molecule has 0 aliphatic carbocycles. The lowest BCUT2D eigenvalue weighted by atomic mass is 10.1. The Balaban J connectivity index is 1.79. The van der Waals surface area contributed by atoms with Gasteiger partial charge in [0, 0.05) is 10.0 Å². The maximum atomic E-state index is 12.6. The van der Waals surface area contributed by atoms with Gasteiger partial charge in [-0.05, 0) is 48.5 Å². The SMILES string of the molecule is Cc1ccc(-n2nnnc2SC(C)C(=O)c2ccc(Br)cc2)cc1. The van der Waals surface area contributed by atoms with Crippen molar-refractivity contribution in [2.45, 2.75) is 24.3 Å². The number of rotatable bonds is 5. The Bertz CT molecular complexity index is 846. The van der Waals surface area contributed by atoms with Gasteiger partial charge in [-0.2, -0.15) is 4.68 Å². The molecule has 0 amide bonds. The molecule has 0 fully saturated rings. The van der Waals surface area contributed by atoms with Crippen molar-refractivity contribution in [3.05, 3.63) is 64.1 Å². The first kappa shape index (κ1) is 16.9. The Morgan fingerprint density at radius 3 is 2.46 bits per heavy atom. The van der Waals surface area contributed by atoms with Gasteiger partial charge < -0.3 is 0 Å². The molecular weight excluding hydrogens is 388 g/mol. The fourth-order valence-corrected chi connectivity index (χ4v) is 3.31. The lowest BCUT2D eigenvalue weighted by molar-refractivity contribution is 0.0994. The number of carbonyl (C=O) groups is 1. The van der Waals surface area contributed by atoms with Gasteiger partial charge in [-0.3, -0.25) is 4.79 Å². The maximum absolute atomic E-state index is 12.6. The van der Waals surface area contributed by atoms with Crippen LogP contribution < -0.4 is 0 Å². The second kappa shape index (κ2) is 7.27. The average Bonchev–Trinajstić information content (AvgIpc) is 3.03. The molecule has 1 heterocycles. The minimum atomic E-state index is -0.290. The van der Waals surface area contributed by atoms with Crippen LogP contribution in [0.3, 0.4) is 0 Å². The van der Waals surface area contributed by atoms with Crippen molar-refractivity contribution in [3.8, 4) is 5.69 Å². The summed E-state index contributed by atoms with van der Waals surface area (Å²) >= 11 is 4.72. The fourth-order valence-electron chi connectivity index (χ4n) is 2.16. The summed E-state index contributed by atoms with van der Waals surface area (Å²) in [5.41, 5.74) is 2.71. The second-order valence-corrected chi connectivity index (χ2v) is 7.56. The molecule has 0 saturated heterocycles. The van der Waals surface area contributed by atoms with E-state index in [2.05, 4.69) is 31.5 Å². The smallest absolute Gasteiger partial charge is 0.214 e. The topological polar surface area (TPSA) is 60.7 Å². The number of halogens is 1. The summed E-state index contributed by atoms with van der Waals surface area (Å²) in [7, 11) is 0. The molecule has 1 aromatic heterocycles. The van der Waals surface area contributed by atoms with Crippen LogP contribution in [0.25, 0.3) is 5.69 Å². The zero-order chi connectivity index (χ0) is 17.1. The van der Waals surface area contributed by atoms with E-state index in [1.54, 1.807) is 4.68 Å². The van der Waals surface area contributed by atoms with Crippen molar-refractivity contribution in [3.63, 3.8) is 0 Å². The largest absolute Gasteiger partial charge is 0.293 e. The van der Waals surface area contributed by atoms with Gasteiger partial charge in [-0.25, -0.2) is 0 Å². The zero-order valence-electron chi connectivity index (χ0n) is 13.2. The van der Waals surface area contributed by atoms with Gasteiger partial charge in [-0.15, -0.1) is 5.10 Å². The van der Waals surface area contributed by atoms with Gasteiger partial charge >= 0.3 is 0 Å². The minimum Gasteiger partial charge on any atom is -0.293 e. The third-order valence-corrected chi connectivity index (χ3v) is 5.06. The van der Waals surface area contributed by atoms with Crippen LogP contribution in [-0.4, -0.2) is 31.2 Å². The van der Waals surface area contributed by atoms with E-state index >= 15 is 0 Å². The molecule has 0 radical (unpaired) electrons. The number of Topliss-reactive ketones (excluding diaryl/α,β-unsaturated/α-hetero) is 1. The van der Waals surface area contributed by atoms with Gasteiger partial charge in [0.1, 0.15) is 0 Å². The zero-order valence-corrected chi connectivity index (χ0v) is 15.6. The Hall–Kier alpha value is -1.99. The highest BCUT2D eigenvalue weighted by Crippen LogP contribution is 2.25. The van der Waals surface area contributed by atoms with Crippen molar-refractivity contribution in [2.24, 2.45) is 0 Å². The number of thioether (sulfide) groups is 1. The van der Waals surface area contributed by atoms with Crippen molar-refractivity contribution < 1.29 is 4.79 Å². The molecule has 0 spiro atoms. The number of aryl methyl sites for hydroxylation is 1. The number of ketones is 1. The van der Waals surface area contributed by atoms with Gasteiger partial charge in [0.05, 0.1) is 10.9 Å². The Morgan fingerprint density at radius 1 is 1.12 bits per heavy atom. The number of nitrogens with zero attached hydrogens (tertiary/aromatic N) is 4. The molecule has 1 unspecified atom stereocenters. The summed E-state index contributed by atoms with van der Waals surface area (Å²) in [4.78, 5) is 12.6. The van der Waals surface area contributed by atoms with E-state index in [4.69, 9.17) is 0 Å². The normalized spacial score (nSPS) is 12.1. The van der Waals surface area contributed by atoms with Gasteiger partial charge in [0.2, 0.25) is 5.16 Å². The van der Waals surface area contributed by atoms with E-state index < -0.39 is 0 Å². The average molecular weight is 403 g/mol. The third kappa shape index (κ3) is 3.73. The summed E-state index contributed by atoms with van der Waals surface area (Å²) in [6, 6.07) is 15.3. The van der Waals surface area contributed by atoms with Crippen LogP contribution in [0.1, 0.15) is 22.8 Å². The predicted molar refractivity (Wildman–Crippen MR) is 97.7 cm³/mol. The minimum absolute atomic E-state index is 0.0472. The highest BCUT2D eigenvalue weighted by molar-refractivity contribution is 9.10. The maximum Gasteiger partial charge on any atom is 0.214 e. The summed E-state index contributed by atoms with van der Waals surface area (Å²) in [6.07, 6.45) is 0. The summed E-state index contributed by atoms with van der Waals surface area (Å²) in [5, 5.41) is 12.1. The van der Waals surface area contributed by atoms with E-state index in [0.717, 1.165) is 10.2 Å². The molecule has 0 aliphatic heterocycles. The van der Waals surface area contributed by atoms with Crippen LogP contribution in [0, 0.1) is 6.92 Å². The van der Waals surface area contributed by atoms with Crippen LogP contribution in [0.5, 0.6) is 0 Å². The van der Waals surface area contributed by atoms with Gasteiger partial charge in [-0.1, -0.05) is 57.5 Å². The van der Waals surface area contributed by atoms with Gasteiger partial charge in [0.15, 0.2) is 5.78 Å². The lowest BCUT2D eigenvalue weighted by Gasteiger charge is -2.10. The van der Waals surface area contributed by atoms with Crippen molar-refractivity contribution in [1.29, 1.82) is 0 Å². The molecule has 24 heavy (non-hydrogen) atoms. The summed E-state index contributed by atoms with van der Waals surface area (Å²) < 4.78 is 2.60. The van der Waals surface area contributed by atoms with Crippen molar-refractivity contribution in [1.82, 2.24) is 20.2 Å². The number of hydrogen-bond acceptors (Lipinski definition) is 5. The first-order valence-electron chi connectivity index (χ1n) is 7.36. The number of carbonyl (C=O) groups excluding carboxylic acids is 1. The summed E-state index contributed by atoms with van der Waals surface area (Å²) in [5.74, 6) is 0.0472. The highest BCUT2D eigenvalue weighted by atomic mass is 79.9. The van der Waals surface area contributed by atoms with Crippen molar-refractivity contribution >= 4 is 33.5 Å². The lowest BCUT2D eigenvalue weighted by Crippen LogP contribution is -2.14. The molecule has 3 aromatic rings. The predicted octanol–water partition coefficient (Wildman–Crippen LogP) is 4.10. The van der Waals surface area contributed by atoms with Crippen LogP contribution in [0.4, 0.5) is 0 Å². The molecule has 7 heteroatoms. The van der Waals surface area contributed by atoms with Crippen molar-refractivity contribution in [2.75, 3.05) is 0 Å². The standard InChI is InChI=1S/C17H15BrN4OS/c1-11-3-9-15(10-4-11)22-17(19-20-21-22)24-12(2)16(23)13-5-7-14(18)8-6-13/h3-10,12H,1-2H3. The van der Waals surface area contributed by atoms with E-state index in [1.807, 2.05) is 62.4 Å². The summed E-state index contributed by atoms with van der Waals surface area (Å²) in [6.45, 7) is 3.89. The molecule has 1 atom stereocenters. The molecule has 122 valence electrons. The van der Waals surface area contributed by atoms with Crippen LogP contribution in [-0.2, 0) is 0 Å². The Kier molecular flexibility index (Phi) is 5.11. The van der Waals surface area contributed by atoms with E-state index in [9.17, 15) is 4.79 Å². The number of hydrogen-bond donors (Lipinski definition) is 0. The number of tetrazole rings is 1. The quantitative estimate of drug-likeness (QED) is 0.474. The second-order valence-electron chi connectivity index (χ2n) is 5.34. The fraction of sp³-hybridized carbons (Fsp3) is 0.176. The molecule has 0 N–H and O–H groups in total. The van der Waals surface area contributed by atoms with E-state index in [-0.39, 0.29) is 11.0 Å². The van der Waals surface area contributed by atoms with Crippen LogP contribution >= 0.6 is 27.7 Å². The molecule has 0 bridgehead atoms. The van der Waals surface area contributed by atoms with E-state index in [0.29, 0.717) is 10.7 Å². The third-order valence-electron chi connectivity index (χ3n) is 3.50. The van der Waals surface area contributed by atoms with E-state index in [1.165, 1.54) is 17.3 Å². The molecule has 5 nitrogen and oxygen atoms in total. The molecule has 2 aromatic carbocycles. The van der Waals surface area contributed by atoms with Gasteiger partial charge in [0.25, 0.3) is 0 Å². The number of benzene rings is 2. The van der Waals surface area contributed by atoms with Crippen LogP contribution in [0.2, 0.25) is 0 Å². The first-order chi connectivity index (χ1) is 11.5. The molecule has 0 aliphatic rings. The monoisotopic (exact) mass is 402 g/mol. The Morgan fingerprint density at radius 2 is 1.79 bits per heavy atom. The molecular formula is C17H15BrN4OS. The van der Waals surface area contributed by atoms with Crippen LogP contribution in [0.15, 0.2) is 58.2 Å². The number of aromatic nitrogens is 4. The molecule has 0 saturated carbocycles. The molecule has 3 rings (SSSR count).